The van der Waals surface area contributed by atoms with Gasteiger partial charge in [0, 0.05) is 25.6 Å². The Morgan fingerprint density at radius 3 is 2.48 bits per heavy atom. The Morgan fingerprint density at radius 1 is 1.26 bits per heavy atom. The van der Waals surface area contributed by atoms with E-state index in [0.717, 1.165) is 25.0 Å². The van der Waals surface area contributed by atoms with Crippen LogP contribution >= 0.6 is 0 Å². The van der Waals surface area contributed by atoms with Crippen molar-refractivity contribution >= 4 is 11.8 Å². The van der Waals surface area contributed by atoms with Crippen LogP contribution < -0.4 is 4.90 Å². The SMILES string of the molecule is N#CCCc1cc(F)c(N2CC3CCC(C2)N3C(=O)O)cc1F. The second-order valence-electron chi connectivity index (χ2n) is 6.03. The number of halogens is 2. The van der Waals surface area contributed by atoms with E-state index in [-0.39, 0.29) is 36.2 Å². The minimum atomic E-state index is -0.948. The number of fused-ring (bicyclic) bond motifs is 2. The summed E-state index contributed by atoms with van der Waals surface area (Å²) >= 11 is 0. The van der Waals surface area contributed by atoms with Gasteiger partial charge in [0.05, 0.1) is 23.8 Å². The summed E-state index contributed by atoms with van der Waals surface area (Å²) in [5.74, 6) is -1.05. The standard InChI is InChI=1S/C16H17F2N3O2/c17-13-7-15(14(18)6-10(13)2-1-5-19)20-8-11-3-4-12(9-20)21(11)16(22)23/h6-7,11-12H,1-4,8-9H2,(H,22,23). The van der Waals surface area contributed by atoms with Gasteiger partial charge in [0.1, 0.15) is 11.6 Å². The first-order chi connectivity index (χ1) is 11.0. The topological polar surface area (TPSA) is 67.6 Å². The van der Waals surface area contributed by atoms with Gasteiger partial charge in [-0.15, -0.1) is 0 Å². The van der Waals surface area contributed by atoms with Gasteiger partial charge in [-0.1, -0.05) is 0 Å². The van der Waals surface area contributed by atoms with Crippen molar-refractivity contribution in [3.63, 3.8) is 0 Å². The molecule has 2 saturated heterocycles. The zero-order valence-electron chi connectivity index (χ0n) is 12.5. The summed E-state index contributed by atoms with van der Waals surface area (Å²) in [6, 6.07) is 3.88. The maximum Gasteiger partial charge on any atom is 0.407 e. The molecular formula is C16H17F2N3O2. The second-order valence-corrected chi connectivity index (χ2v) is 6.03. The third kappa shape index (κ3) is 2.81. The van der Waals surface area contributed by atoms with E-state index in [2.05, 4.69) is 0 Å². The molecule has 1 aromatic rings. The zero-order valence-corrected chi connectivity index (χ0v) is 12.5. The summed E-state index contributed by atoms with van der Waals surface area (Å²) in [6.07, 6.45) is 0.861. The van der Waals surface area contributed by atoms with Gasteiger partial charge in [0.15, 0.2) is 0 Å². The van der Waals surface area contributed by atoms with Crippen LogP contribution in [0.1, 0.15) is 24.8 Å². The number of benzene rings is 1. The number of nitriles is 1. The fourth-order valence-electron chi connectivity index (χ4n) is 3.61. The van der Waals surface area contributed by atoms with Crippen LogP contribution in [0.5, 0.6) is 0 Å². The molecule has 3 rings (SSSR count). The van der Waals surface area contributed by atoms with Gasteiger partial charge in [-0.05, 0) is 30.9 Å². The molecule has 7 heteroatoms. The summed E-state index contributed by atoms with van der Waals surface area (Å²) in [7, 11) is 0. The van der Waals surface area contributed by atoms with Gasteiger partial charge < -0.3 is 10.0 Å². The highest BCUT2D eigenvalue weighted by molar-refractivity contribution is 5.67. The first-order valence-corrected chi connectivity index (χ1v) is 7.62. The summed E-state index contributed by atoms with van der Waals surface area (Å²) in [5, 5.41) is 17.8. The summed E-state index contributed by atoms with van der Waals surface area (Å²) in [5.41, 5.74) is 0.366. The lowest BCUT2D eigenvalue weighted by Gasteiger charge is -2.40. The molecule has 5 nitrogen and oxygen atoms in total. The van der Waals surface area contributed by atoms with Crippen LogP contribution in [0.25, 0.3) is 0 Å². The van der Waals surface area contributed by atoms with Crippen LogP contribution in [-0.2, 0) is 6.42 Å². The largest absolute Gasteiger partial charge is 0.465 e. The molecule has 2 heterocycles. The smallest absolute Gasteiger partial charge is 0.407 e. The van der Waals surface area contributed by atoms with Crippen molar-refractivity contribution in [2.45, 2.75) is 37.8 Å². The van der Waals surface area contributed by atoms with E-state index in [0.29, 0.717) is 13.1 Å². The summed E-state index contributed by atoms with van der Waals surface area (Å²) in [4.78, 5) is 14.4. The molecule has 1 N–H and O–H groups in total. The molecule has 2 aliphatic heterocycles. The van der Waals surface area contributed by atoms with E-state index in [1.54, 1.807) is 4.90 Å². The Bertz CT molecular complexity index is 660. The Kier molecular flexibility index (Phi) is 4.07. The van der Waals surface area contributed by atoms with Gasteiger partial charge >= 0.3 is 6.09 Å². The van der Waals surface area contributed by atoms with Crippen LogP contribution in [0.3, 0.4) is 0 Å². The Hall–Kier alpha value is -2.36. The van der Waals surface area contributed by atoms with E-state index in [1.807, 2.05) is 6.07 Å². The fraction of sp³-hybridized carbons (Fsp3) is 0.500. The van der Waals surface area contributed by atoms with E-state index in [9.17, 15) is 18.7 Å². The molecule has 0 aromatic heterocycles. The average molecular weight is 321 g/mol. The van der Waals surface area contributed by atoms with Crippen LogP contribution in [-0.4, -0.2) is 41.3 Å². The van der Waals surface area contributed by atoms with Gasteiger partial charge in [0.25, 0.3) is 0 Å². The van der Waals surface area contributed by atoms with Crippen molar-refractivity contribution in [3.8, 4) is 6.07 Å². The average Bonchev–Trinajstić information content (AvgIpc) is 2.79. The molecule has 1 amide bonds. The van der Waals surface area contributed by atoms with E-state index in [4.69, 9.17) is 5.26 Å². The van der Waals surface area contributed by atoms with Crippen molar-refractivity contribution in [3.05, 3.63) is 29.3 Å². The van der Waals surface area contributed by atoms with E-state index < -0.39 is 17.7 Å². The number of aryl methyl sites for hydroxylation is 1. The highest BCUT2D eigenvalue weighted by Gasteiger charge is 2.43. The Morgan fingerprint density at radius 2 is 1.91 bits per heavy atom. The normalized spacial score (nSPS) is 23.0. The molecule has 0 saturated carbocycles. The summed E-state index contributed by atoms with van der Waals surface area (Å²) < 4.78 is 28.5. The van der Waals surface area contributed by atoms with Crippen LogP contribution in [0.2, 0.25) is 0 Å². The number of hydrogen-bond donors (Lipinski definition) is 1. The fourth-order valence-corrected chi connectivity index (χ4v) is 3.61. The molecule has 0 spiro atoms. The van der Waals surface area contributed by atoms with Crippen molar-refractivity contribution in [1.82, 2.24) is 4.90 Å². The first-order valence-electron chi connectivity index (χ1n) is 7.62. The van der Waals surface area contributed by atoms with Gasteiger partial charge in [-0.2, -0.15) is 5.26 Å². The second kappa shape index (κ2) is 6.03. The Balaban J connectivity index is 1.82. The predicted octanol–water partition coefficient (Wildman–Crippen LogP) is 2.75. The molecule has 0 radical (unpaired) electrons. The number of nitrogens with zero attached hydrogens (tertiary/aromatic N) is 3. The summed E-state index contributed by atoms with van der Waals surface area (Å²) in [6.45, 7) is 0.743. The lowest BCUT2D eigenvalue weighted by molar-refractivity contribution is 0.114. The van der Waals surface area contributed by atoms with Crippen molar-refractivity contribution in [2.75, 3.05) is 18.0 Å². The zero-order chi connectivity index (χ0) is 16.6. The molecule has 1 aromatic carbocycles. The number of piperazine rings is 1. The quantitative estimate of drug-likeness (QED) is 0.929. The maximum atomic E-state index is 14.4. The van der Waals surface area contributed by atoms with E-state index >= 15 is 0 Å². The van der Waals surface area contributed by atoms with Gasteiger partial charge in [0.2, 0.25) is 0 Å². The molecular weight excluding hydrogens is 304 g/mol. The molecule has 122 valence electrons. The van der Waals surface area contributed by atoms with Crippen LogP contribution in [0.4, 0.5) is 19.3 Å². The van der Waals surface area contributed by atoms with Crippen molar-refractivity contribution < 1.29 is 18.7 Å². The molecule has 23 heavy (non-hydrogen) atoms. The predicted molar refractivity (Wildman–Crippen MR) is 79.2 cm³/mol. The van der Waals surface area contributed by atoms with Gasteiger partial charge in [-0.25, -0.2) is 13.6 Å². The molecule has 2 unspecified atom stereocenters. The number of amides is 1. The first kappa shape index (κ1) is 15.5. The van der Waals surface area contributed by atoms with Gasteiger partial charge in [-0.3, -0.25) is 4.90 Å². The van der Waals surface area contributed by atoms with Crippen molar-refractivity contribution in [1.29, 1.82) is 5.26 Å². The molecule has 2 atom stereocenters. The molecule has 2 aliphatic rings. The Labute approximate surface area is 132 Å². The minimum absolute atomic E-state index is 0.136. The third-order valence-electron chi connectivity index (χ3n) is 4.67. The van der Waals surface area contributed by atoms with E-state index in [1.165, 1.54) is 4.90 Å². The lowest BCUT2D eigenvalue weighted by Crippen LogP contribution is -2.55. The highest BCUT2D eigenvalue weighted by Crippen LogP contribution is 2.34. The monoisotopic (exact) mass is 321 g/mol. The number of anilines is 1. The maximum absolute atomic E-state index is 14.4. The molecule has 0 aliphatic carbocycles. The van der Waals surface area contributed by atoms with Crippen LogP contribution in [0.15, 0.2) is 12.1 Å². The lowest BCUT2D eigenvalue weighted by atomic mass is 10.1. The third-order valence-corrected chi connectivity index (χ3v) is 4.67. The van der Waals surface area contributed by atoms with Crippen LogP contribution in [0, 0.1) is 23.0 Å². The molecule has 2 fully saturated rings. The number of rotatable bonds is 3. The number of carboxylic acid groups (broad SMARTS) is 1. The molecule has 2 bridgehead atoms. The van der Waals surface area contributed by atoms with Crippen molar-refractivity contribution in [2.24, 2.45) is 0 Å². The highest BCUT2D eigenvalue weighted by atomic mass is 19.1. The minimum Gasteiger partial charge on any atom is -0.465 e. The number of carbonyl (C=O) groups is 1. The number of hydrogen-bond acceptors (Lipinski definition) is 3.